The predicted octanol–water partition coefficient (Wildman–Crippen LogP) is 4.33. The summed E-state index contributed by atoms with van der Waals surface area (Å²) in [6.45, 7) is 10.5. The fraction of sp³-hybridized carbons (Fsp3) is 0.500. The lowest BCUT2D eigenvalue weighted by atomic mass is 10.1. The summed E-state index contributed by atoms with van der Waals surface area (Å²) in [5.74, 6) is 0. The van der Waals surface area contributed by atoms with Gasteiger partial charge in [0.05, 0.1) is 0 Å². The van der Waals surface area contributed by atoms with E-state index in [0.29, 0.717) is 0 Å². The van der Waals surface area contributed by atoms with E-state index in [1.54, 1.807) is 0 Å². The molecule has 0 rings (SSSR count). The summed E-state index contributed by atoms with van der Waals surface area (Å²) in [6.07, 6.45) is 7.67. The van der Waals surface area contributed by atoms with Gasteiger partial charge in [-0.05, 0) is 39.7 Å². The molecule has 0 spiro atoms. The molecule has 0 amide bonds. The Kier molecular flexibility index (Phi) is 6.68. The molecule has 15 heavy (non-hydrogen) atoms. The molecule has 1 heteroatoms. The minimum Gasteiger partial charge on any atom is -0.293 e. The maximum atomic E-state index is 4.23. The molecular weight excluding hydrogens is 182 g/mol. The van der Waals surface area contributed by atoms with E-state index in [0.717, 1.165) is 12.1 Å². The van der Waals surface area contributed by atoms with Gasteiger partial charge in [-0.2, -0.15) is 0 Å². The zero-order valence-electron chi connectivity index (χ0n) is 10.9. The highest BCUT2D eigenvalue weighted by molar-refractivity contribution is 6.01. The molecule has 0 N–H and O–H groups in total. The van der Waals surface area contributed by atoms with Gasteiger partial charge in [-0.1, -0.05) is 36.3 Å². The van der Waals surface area contributed by atoms with Gasteiger partial charge in [0.15, 0.2) is 0 Å². The molecule has 0 heterocycles. The Morgan fingerprint density at radius 2 is 1.67 bits per heavy atom. The van der Waals surface area contributed by atoms with Crippen molar-refractivity contribution in [2.75, 3.05) is 7.05 Å². The number of rotatable bonds is 4. The number of hydrogen-bond acceptors (Lipinski definition) is 1. The lowest BCUT2D eigenvalue weighted by Gasteiger charge is -2.03. The monoisotopic (exact) mass is 205 g/mol. The molecule has 0 aromatic heterocycles. The van der Waals surface area contributed by atoms with Gasteiger partial charge < -0.3 is 0 Å². The van der Waals surface area contributed by atoms with E-state index in [1.807, 2.05) is 14.0 Å². The second kappa shape index (κ2) is 7.22. The van der Waals surface area contributed by atoms with Crippen LogP contribution in [0.5, 0.6) is 0 Å². The largest absolute Gasteiger partial charge is 0.293 e. The predicted molar refractivity (Wildman–Crippen MR) is 70.6 cm³/mol. The van der Waals surface area contributed by atoms with Gasteiger partial charge in [-0.15, -0.1) is 0 Å². The highest BCUT2D eigenvalue weighted by atomic mass is 14.7. The molecule has 0 bridgehead atoms. The van der Waals surface area contributed by atoms with Crippen molar-refractivity contribution in [3.05, 3.63) is 34.9 Å². The third kappa shape index (κ3) is 6.05. The van der Waals surface area contributed by atoms with Crippen molar-refractivity contribution in [1.29, 1.82) is 0 Å². The molecule has 0 fully saturated rings. The van der Waals surface area contributed by atoms with E-state index < -0.39 is 0 Å². The maximum Gasteiger partial charge on any atom is 0.0386 e. The van der Waals surface area contributed by atoms with Gasteiger partial charge in [0, 0.05) is 12.8 Å². The number of hydrogen-bond donors (Lipinski definition) is 0. The van der Waals surface area contributed by atoms with Gasteiger partial charge in [-0.3, -0.25) is 4.99 Å². The van der Waals surface area contributed by atoms with Crippen LogP contribution in [0.3, 0.4) is 0 Å². The maximum absolute atomic E-state index is 4.23. The van der Waals surface area contributed by atoms with Crippen LogP contribution in [0.15, 0.2) is 39.9 Å². The fourth-order valence-electron chi connectivity index (χ4n) is 1.32. The van der Waals surface area contributed by atoms with Crippen molar-refractivity contribution in [3.63, 3.8) is 0 Å². The molecule has 0 aromatic carbocycles. The molecule has 0 atom stereocenters. The fourth-order valence-corrected chi connectivity index (χ4v) is 1.32. The number of aliphatic imine (C=N–C) groups is 1. The normalized spacial score (nSPS) is 14.1. The number of allylic oxidation sites excluding steroid dienone is 6. The summed E-state index contributed by atoms with van der Waals surface area (Å²) in [5.41, 5.74) is 4.89. The van der Waals surface area contributed by atoms with Crippen molar-refractivity contribution in [2.24, 2.45) is 4.99 Å². The average molecular weight is 205 g/mol. The summed E-state index contributed by atoms with van der Waals surface area (Å²) >= 11 is 0. The lowest BCUT2D eigenvalue weighted by Crippen LogP contribution is -1.95. The molecular formula is C14H23N. The summed E-state index contributed by atoms with van der Waals surface area (Å²) in [5, 5.41) is 0. The number of nitrogens with zero attached hydrogens (tertiary/aromatic N) is 1. The van der Waals surface area contributed by atoms with Crippen LogP contribution in [-0.2, 0) is 0 Å². The first-order valence-corrected chi connectivity index (χ1v) is 5.48. The summed E-state index contributed by atoms with van der Waals surface area (Å²) in [6, 6.07) is 0. The van der Waals surface area contributed by atoms with Gasteiger partial charge in [0.2, 0.25) is 0 Å². The van der Waals surface area contributed by atoms with Crippen molar-refractivity contribution < 1.29 is 0 Å². The summed E-state index contributed by atoms with van der Waals surface area (Å²) in [4.78, 5) is 4.23. The van der Waals surface area contributed by atoms with Crippen LogP contribution >= 0.6 is 0 Å². The minimum absolute atomic E-state index is 1.08. The van der Waals surface area contributed by atoms with Gasteiger partial charge in [-0.25, -0.2) is 0 Å². The van der Waals surface area contributed by atoms with Crippen LogP contribution < -0.4 is 0 Å². The summed E-state index contributed by atoms with van der Waals surface area (Å²) in [7, 11) is 1.83. The van der Waals surface area contributed by atoms with Crippen LogP contribution in [0.25, 0.3) is 0 Å². The zero-order valence-corrected chi connectivity index (χ0v) is 10.9. The topological polar surface area (TPSA) is 12.4 Å². The van der Waals surface area contributed by atoms with Crippen molar-refractivity contribution >= 4 is 5.71 Å². The third-order valence-electron chi connectivity index (χ3n) is 2.11. The second-order valence-corrected chi connectivity index (χ2v) is 3.99. The van der Waals surface area contributed by atoms with E-state index in [2.05, 4.69) is 50.9 Å². The first-order valence-electron chi connectivity index (χ1n) is 5.48. The Morgan fingerprint density at radius 1 is 1.07 bits per heavy atom. The average Bonchev–Trinajstić information content (AvgIpc) is 2.15. The van der Waals surface area contributed by atoms with Gasteiger partial charge in [0.25, 0.3) is 0 Å². The SMILES string of the molecule is CC/C=C(C)/C=C(\C=C(C)C)C(C)=NC. The summed E-state index contributed by atoms with van der Waals surface area (Å²) < 4.78 is 0. The Morgan fingerprint density at radius 3 is 2.07 bits per heavy atom. The van der Waals surface area contributed by atoms with Gasteiger partial charge >= 0.3 is 0 Å². The minimum atomic E-state index is 1.08. The lowest BCUT2D eigenvalue weighted by molar-refractivity contribution is 1.19. The molecule has 0 aromatic rings. The molecule has 0 radical (unpaired) electrons. The van der Waals surface area contributed by atoms with Crippen LogP contribution in [-0.4, -0.2) is 12.8 Å². The van der Waals surface area contributed by atoms with Crippen molar-refractivity contribution in [1.82, 2.24) is 0 Å². The van der Waals surface area contributed by atoms with Crippen LogP contribution in [0.1, 0.15) is 41.0 Å². The van der Waals surface area contributed by atoms with E-state index >= 15 is 0 Å². The van der Waals surface area contributed by atoms with Crippen molar-refractivity contribution in [3.8, 4) is 0 Å². The molecule has 0 saturated heterocycles. The quantitative estimate of drug-likeness (QED) is 0.478. The standard InChI is InChI=1S/C14H23N/c1-7-8-12(4)10-14(9-11(2)3)13(5)15-6/h8-10H,7H2,1-6H3/b12-8+,14-10+,15-13?. The molecule has 0 aliphatic rings. The molecule has 84 valence electrons. The smallest absolute Gasteiger partial charge is 0.0386 e. The first-order chi connectivity index (χ1) is 7.01. The van der Waals surface area contributed by atoms with E-state index in [4.69, 9.17) is 0 Å². The molecule has 0 aliphatic carbocycles. The van der Waals surface area contributed by atoms with E-state index in [-0.39, 0.29) is 0 Å². The Hall–Kier alpha value is -1.11. The highest BCUT2D eigenvalue weighted by Gasteiger charge is 1.97. The molecule has 0 saturated carbocycles. The molecule has 0 aliphatic heterocycles. The Labute approximate surface area is 94.3 Å². The van der Waals surface area contributed by atoms with E-state index in [9.17, 15) is 0 Å². The van der Waals surface area contributed by atoms with Crippen molar-refractivity contribution in [2.45, 2.75) is 41.0 Å². The Bertz CT molecular complexity index is 310. The molecule has 0 unspecified atom stereocenters. The Balaban J connectivity index is 5.12. The molecule has 1 nitrogen and oxygen atoms in total. The van der Waals surface area contributed by atoms with Crippen LogP contribution in [0.4, 0.5) is 0 Å². The zero-order chi connectivity index (χ0) is 11.8. The van der Waals surface area contributed by atoms with Gasteiger partial charge in [0.1, 0.15) is 0 Å². The third-order valence-corrected chi connectivity index (χ3v) is 2.11. The van der Waals surface area contributed by atoms with Crippen LogP contribution in [0, 0.1) is 0 Å². The highest BCUT2D eigenvalue weighted by Crippen LogP contribution is 2.09. The first kappa shape index (κ1) is 13.9. The van der Waals surface area contributed by atoms with Crippen LogP contribution in [0.2, 0.25) is 0 Å². The second-order valence-electron chi connectivity index (χ2n) is 3.99. The van der Waals surface area contributed by atoms with E-state index in [1.165, 1.54) is 16.7 Å².